The molecule has 2 aromatic carbocycles. The van der Waals surface area contributed by atoms with Gasteiger partial charge in [0.25, 0.3) is 11.8 Å². The van der Waals surface area contributed by atoms with Crippen molar-refractivity contribution in [2.24, 2.45) is 0 Å². The van der Waals surface area contributed by atoms with E-state index in [-0.39, 0.29) is 11.8 Å². The summed E-state index contributed by atoms with van der Waals surface area (Å²) in [5, 5.41) is 8.02. The molecular formula is C20H19N3O2S. The summed E-state index contributed by atoms with van der Waals surface area (Å²) in [4.78, 5) is 28.3. The molecule has 132 valence electrons. The highest BCUT2D eigenvalue weighted by Crippen LogP contribution is 2.24. The van der Waals surface area contributed by atoms with Crippen molar-refractivity contribution in [3.05, 3.63) is 76.3 Å². The molecule has 3 aromatic rings. The van der Waals surface area contributed by atoms with Gasteiger partial charge in [-0.25, -0.2) is 4.98 Å². The zero-order chi connectivity index (χ0) is 18.5. The zero-order valence-corrected chi connectivity index (χ0v) is 15.4. The molecule has 0 aliphatic carbocycles. The third-order valence-corrected chi connectivity index (χ3v) is 4.82. The van der Waals surface area contributed by atoms with Gasteiger partial charge in [-0.2, -0.15) is 0 Å². The molecule has 0 unspecified atom stereocenters. The molecule has 0 aliphatic rings. The van der Waals surface area contributed by atoms with Gasteiger partial charge in [-0.05, 0) is 24.6 Å². The van der Waals surface area contributed by atoms with E-state index in [1.165, 1.54) is 16.9 Å². The molecule has 0 spiro atoms. The highest BCUT2D eigenvalue weighted by Gasteiger charge is 2.12. The predicted molar refractivity (Wildman–Crippen MR) is 103 cm³/mol. The van der Waals surface area contributed by atoms with Crippen LogP contribution in [-0.2, 0) is 6.54 Å². The van der Waals surface area contributed by atoms with Crippen molar-refractivity contribution in [3.8, 4) is 10.6 Å². The summed E-state index contributed by atoms with van der Waals surface area (Å²) in [5.74, 6) is -0.346. The lowest BCUT2D eigenvalue weighted by atomic mass is 10.1. The molecule has 1 heterocycles. The van der Waals surface area contributed by atoms with Crippen molar-refractivity contribution < 1.29 is 9.59 Å². The van der Waals surface area contributed by atoms with Crippen LogP contribution in [0.4, 0.5) is 0 Å². The SMILES string of the molecule is CNC(=O)c1ccc(CNC(=O)c2csc(-c3ccc(C)cc3)n2)cc1. The maximum Gasteiger partial charge on any atom is 0.271 e. The van der Waals surface area contributed by atoms with Gasteiger partial charge in [-0.1, -0.05) is 42.0 Å². The molecule has 1 aromatic heterocycles. The Balaban J connectivity index is 1.62. The fourth-order valence-electron chi connectivity index (χ4n) is 2.40. The van der Waals surface area contributed by atoms with Gasteiger partial charge in [0, 0.05) is 30.1 Å². The molecule has 3 rings (SSSR count). The number of carbonyl (C=O) groups is 2. The van der Waals surface area contributed by atoms with Gasteiger partial charge in [0.2, 0.25) is 0 Å². The maximum absolute atomic E-state index is 12.3. The Morgan fingerprint density at radius 3 is 2.35 bits per heavy atom. The van der Waals surface area contributed by atoms with Crippen molar-refractivity contribution in [2.45, 2.75) is 13.5 Å². The molecule has 0 saturated carbocycles. The van der Waals surface area contributed by atoms with Crippen LogP contribution in [-0.4, -0.2) is 23.8 Å². The quantitative estimate of drug-likeness (QED) is 0.728. The highest BCUT2D eigenvalue weighted by atomic mass is 32.1. The summed E-state index contributed by atoms with van der Waals surface area (Å²) >= 11 is 1.45. The lowest BCUT2D eigenvalue weighted by Crippen LogP contribution is -2.23. The lowest BCUT2D eigenvalue weighted by molar-refractivity contribution is 0.0942. The van der Waals surface area contributed by atoms with E-state index in [9.17, 15) is 9.59 Å². The minimum Gasteiger partial charge on any atom is -0.355 e. The van der Waals surface area contributed by atoms with Gasteiger partial charge in [-0.3, -0.25) is 9.59 Å². The first kappa shape index (κ1) is 17.8. The summed E-state index contributed by atoms with van der Waals surface area (Å²) in [6, 6.07) is 15.2. The second kappa shape index (κ2) is 7.93. The van der Waals surface area contributed by atoms with E-state index in [0.29, 0.717) is 17.8 Å². The average Bonchev–Trinajstić information content (AvgIpc) is 3.16. The number of carbonyl (C=O) groups excluding carboxylic acids is 2. The maximum atomic E-state index is 12.3. The van der Waals surface area contributed by atoms with E-state index in [4.69, 9.17) is 0 Å². The molecule has 26 heavy (non-hydrogen) atoms. The van der Waals surface area contributed by atoms with Gasteiger partial charge < -0.3 is 10.6 Å². The third-order valence-electron chi connectivity index (χ3n) is 3.93. The van der Waals surface area contributed by atoms with Crippen LogP contribution in [0.15, 0.2) is 53.9 Å². The Bertz CT molecular complexity index is 915. The molecule has 0 atom stereocenters. The van der Waals surface area contributed by atoms with Crippen LogP contribution in [0.25, 0.3) is 10.6 Å². The van der Waals surface area contributed by atoms with Crippen LogP contribution >= 0.6 is 11.3 Å². The van der Waals surface area contributed by atoms with Crippen molar-refractivity contribution in [3.63, 3.8) is 0 Å². The number of rotatable bonds is 5. The third kappa shape index (κ3) is 4.15. The fourth-order valence-corrected chi connectivity index (χ4v) is 3.20. The molecule has 2 N–H and O–H groups in total. The van der Waals surface area contributed by atoms with Crippen LogP contribution in [0, 0.1) is 6.92 Å². The van der Waals surface area contributed by atoms with E-state index in [1.54, 1.807) is 24.6 Å². The molecule has 0 fully saturated rings. The number of aromatic nitrogens is 1. The number of hydrogen-bond acceptors (Lipinski definition) is 4. The summed E-state index contributed by atoms with van der Waals surface area (Å²) in [5.41, 5.74) is 4.10. The van der Waals surface area contributed by atoms with Crippen LogP contribution in [0.2, 0.25) is 0 Å². The summed E-state index contributed by atoms with van der Waals surface area (Å²) in [6.07, 6.45) is 0. The van der Waals surface area contributed by atoms with Gasteiger partial charge in [0.05, 0.1) is 0 Å². The largest absolute Gasteiger partial charge is 0.355 e. The van der Waals surface area contributed by atoms with E-state index in [2.05, 4.69) is 15.6 Å². The number of benzene rings is 2. The minimum absolute atomic E-state index is 0.133. The van der Waals surface area contributed by atoms with E-state index in [1.807, 2.05) is 43.3 Å². The predicted octanol–water partition coefficient (Wildman–Crippen LogP) is 3.41. The van der Waals surface area contributed by atoms with E-state index in [0.717, 1.165) is 16.1 Å². The van der Waals surface area contributed by atoms with E-state index >= 15 is 0 Å². The topological polar surface area (TPSA) is 71.1 Å². The number of nitrogens with one attached hydrogen (secondary N) is 2. The lowest BCUT2D eigenvalue weighted by Gasteiger charge is -2.05. The number of thiazole rings is 1. The second-order valence-electron chi connectivity index (χ2n) is 5.86. The first-order valence-corrected chi connectivity index (χ1v) is 9.06. The van der Waals surface area contributed by atoms with Crippen molar-refractivity contribution in [2.75, 3.05) is 7.05 Å². The Labute approximate surface area is 156 Å². The second-order valence-corrected chi connectivity index (χ2v) is 6.72. The number of amides is 2. The van der Waals surface area contributed by atoms with Crippen molar-refractivity contribution in [1.29, 1.82) is 0 Å². The minimum atomic E-state index is -0.213. The number of aryl methyl sites for hydroxylation is 1. The van der Waals surface area contributed by atoms with Crippen LogP contribution in [0.5, 0.6) is 0 Å². The summed E-state index contributed by atoms with van der Waals surface area (Å²) in [6.45, 7) is 2.41. The van der Waals surface area contributed by atoms with E-state index < -0.39 is 0 Å². The van der Waals surface area contributed by atoms with Gasteiger partial charge in [-0.15, -0.1) is 11.3 Å². The number of hydrogen-bond donors (Lipinski definition) is 2. The van der Waals surface area contributed by atoms with Crippen LogP contribution in [0.3, 0.4) is 0 Å². The van der Waals surface area contributed by atoms with Crippen molar-refractivity contribution in [1.82, 2.24) is 15.6 Å². The molecule has 0 bridgehead atoms. The standard InChI is InChI=1S/C20H19N3O2S/c1-13-3-7-16(8-4-13)20-23-17(12-26-20)19(25)22-11-14-5-9-15(10-6-14)18(24)21-2/h3-10,12H,11H2,1-2H3,(H,21,24)(H,22,25). The average molecular weight is 365 g/mol. The van der Waals surface area contributed by atoms with Crippen LogP contribution in [0.1, 0.15) is 32.0 Å². The Hall–Kier alpha value is -2.99. The first-order valence-electron chi connectivity index (χ1n) is 8.18. The summed E-state index contributed by atoms with van der Waals surface area (Å²) < 4.78 is 0. The highest BCUT2D eigenvalue weighted by molar-refractivity contribution is 7.13. The Morgan fingerprint density at radius 2 is 1.69 bits per heavy atom. The van der Waals surface area contributed by atoms with Crippen LogP contribution < -0.4 is 10.6 Å². The molecule has 0 aliphatic heterocycles. The molecule has 0 radical (unpaired) electrons. The van der Waals surface area contributed by atoms with Gasteiger partial charge >= 0.3 is 0 Å². The molecule has 5 nitrogen and oxygen atoms in total. The van der Waals surface area contributed by atoms with Crippen molar-refractivity contribution >= 4 is 23.2 Å². The molecular weight excluding hydrogens is 346 g/mol. The Kier molecular flexibility index (Phi) is 5.43. The molecule has 0 saturated heterocycles. The zero-order valence-electron chi connectivity index (χ0n) is 14.6. The monoisotopic (exact) mass is 365 g/mol. The summed E-state index contributed by atoms with van der Waals surface area (Å²) in [7, 11) is 1.59. The van der Waals surface area contributed by atoms with Gasteiger partial charge in [0.1, 0.15) is 10.7 Å². The molecule has 6 heteroatoms. The van der Waals surface area contributed by atoms with Gasteiger partial charge in [0.15, 0.2) is 0 Å². The first-order chi connectivity index (χ1) is 12.6. The Morgan fingerprint density at radius 1 is 1.00 bits per heavy atom. The smallest absolute Gasteiger partial charge is 0.271 e. The number of nitrogens with zero attached hydrogens (tertiary/aromatic N) is 1. The molecule has 2 amide bonds. The fraction of sp³-hybridized carbons (Fsp3) is 0.150. The normalized spacial score (nSPS) is 10.4.